The van der Waals surface area contributed by atoms with Gasteiger partial charge in [-0.2, -0.15) is 0 Å². The fourth-order valence-corrected chi connectivity index (χ4v) is 2.52. The van der Waals surface area contributed by atoms with Crippen molar-refractivity contribution in [2.45, 2.75) is 31.7 Å². The number of halogens is 1. The number of nitrogens with zero attached hydrogens (tertiary/aromatic N) is 1. The van der Waals surface area contributed by atoms with Crippen molar-refractivity contribution in [2.24, 2.45) is 5.92 Å². The van der Waals surface area contributed by atoms with Crippen LogP contribution in [0, 0.1) is 5.92 Å². The van der Waals surface area contributed by atoms with Gasteiger partial charge in [0, 0.05) is 29.8 Å². The Hall–Kier alpha value is -1.63. The molecule has 3 N–H and O–H groups in total. The largest absolute Gasteiger partial charge is 0.481 e. The van der Waals surface area contributed by atoms with Crippen molar-refractivity contribution in [1.82, 2.24) is 15.6 Å². The predicted molar refractivity (Wildman–Crippen MR) is 80.8 cm³/mol. The van der Waals surface area contributed by atoms with Gasteiger partial charge in [-0.25, -0.2) is 4.79 Å². The van der Waals surface area contributed by atoms with E-state index in [-0.39, 0.29) is 18.5 Å². The van der Waals surface area contributed by atoms with E-state index < -0.39 is 5.97 Å². The molecule has 1 aliphatic carbocycles. The van der Waals surface area contributed by atoms with Crippen LogP contribution < -0.4 is 10.6 Å². The standard InChI is InChI=1S/C14H18BrN3O3/c15-11-6-10(7-16-8-11)13(9-3-4-9)18-14(21)17-5-1-2-12(19)20/h6-9,13H,1-5H2,(H,19,20)(H2,17,18,21). The first-order valence-corrected chi connectivity index (χ1v) is 7.72. The first-order valence-electron chi connectivity index (χ1n) is 6.93. The second kappa shape index (κ2) is 7.40. The number of carboxylic acids is 1. The summed E-state index contributed by atoms with van der Waals surface area (Å²) in [6, 6.07) is 1.65. The lowest BCUT2D eigenvalue weighted by Gasteiger charge is -2.19. The topological polar surface area (TPSA) is 91.3 Å². The summed E-state index contributed by atoms with van der Waals surface area (Å²) in [4.78, 5) is 26.4. The van der Waals surface area contributed by atoms with Gasteiger partial charge in [-0.3, -0.25) is 9.78 Å². The van der Waals surface area contributed by atoms with Crippen LogP contribution in [0.4, 0.5) is 4.79 Å². The molecule has 0 spiro atoms. The fraction of sp³-hybridized carbons (Fsp3) is 0.500. The molecule has 0 aliphatic heterocycles. The van der Waals surface area contributed by atoms with Crippen LogP contribution in [0.5, 0.6) is 0 Å². The van der Waals surface area contributed by atoms with Crippen molar-refractivity contribution in [2.75, 3.05) is 6.54 Å². The summed E-state index contributed by atoms with van der Waals surface area (Å²) in [5, 5.41) is 14.2. The zero-order chi connectivity index (χ0) is 15.2. The third-order valence-corrected chi connectivity index (χ3v) is 3.75. The van der Waals surface area contributed by atoms with Crippen LogP contribution in [-0.2, 0) is 4.79 Å². The smallest absolute Gasteiger partial charge is 0.315 e. The molecule has 1 aromatic heterocycles. The number of hydrogen-bond donors (Lipinski definition) is 3. The fourth-order valence-electron chi connectivity index (χ4n) is 2.14. The van der Waals surface area contributed by atoms with Crippen LogP contribution in [-0.4, -0.2) is 28.6 Å². The number of hydrogen-bond acceptors (Lipinski definition) is 3. The van der Waals surface area contributed by atoms with E-state index >= 15 is 0 Å². The van der Waals surface area contributed by atoms with E-state index in [1.807, 2.05) is 6.07 Å². The maximum atomic E-state index is 11.9. The molecule has 0 saturated heterocycles. The Morgan fingerprint density at radius 2 is 2.19 bits per heavy atom. The third-order valence-electron chi connectivity index (χ3n) is 3.32. The van der Waals surface area contributed by atoms with E-state index in [0.717, 1.165) is 22.9 Å². The average molecular weight is 356 g/mol. The number of aromatic nitrogens is 1. The Balaban J connectivity index is 1.85. The maximum absolute atomic E-state index is 11.9. The normalized spacial score (nSPS) is 15.3. The second-order valence-corrected chi connectivity index (χ2v) is 6.06. The Morgan fingerprint density at radius 1 is 1.43 bits per heavy atom. The van der Waals surface area contributed by atoms with E-state index in [1.54, 1.807) is 12.4 Å². The summed E-state index contributed by atoms with van der Waals surface area (Å²) in [6.45, 7) is 0.353. The van der Waals surface area contributed by atoms with Crippen molar-refractivity contribution in [3.05, 3.63) is 28.5 Å². The minimum absolute atomic E-state index is 0.0468. The molecule has 1 atom stereocenters. The Bertz CT molecular complexity index is 520. The lowest BCUT2D eigenvalue weighted by Crippen LogP contribution is -2.39. The highest BCUT2D eigenvalue weighted by Crippen LogP contribution is 2.41. The van der Waals surface area contributed by atoms with Crippen molar-refractivity contribution >= 4 is 27.9 Å². The predicted octanol–water partition coefficient (Wildman–Crippen LogP) is 2.46. The minimum Gasteiger partial charge on any atom is -0.481 e. The minimum atomic E-state index is -0.853. The summed E-state index contributed by atoms with van der Waals surface area (Å²) < 4.78 is 0.884. The van der Waals surface area contributed by atoms with Crippen LogP contribution >= 0.6 is 15.9 Å². The van der Waals surface area contributed by atoms with Gasteiger partial charge in [0.2, 0.25) is 0 Å². The first kappa shape index (κ1) is 15.8. The number of aliphatic carboxylic acids is 1. The molecular weight excluding hydrogens is 338 g/mol. The number of amides is 2. The number of carbonyl (C=O) groups excluding carboxylic acids is 1. The summed E-state index contributed by atoms with van der Waals surface area (Å²) in [5.74, 6) is -0.404. The monoisotopic (exact) mass is 355 g/mol. The van der Waals surface area contributed by atoms with E-state index in [4.69, 9.17) is 5.11 Å². The van der Waals surface area contributed by atoms with Crippen molar-refractivity contribution in [1.29, 1.82) is 0 Å². The zero-order valence-corrected chi connectivity index (χ0v) is 13.1. The Morgan fingerprint density at radius 3 is 2.81 bits per heavy atom. The molecule has 6 nitrogen and oxygen atoms in total. The number of pyridine rings is 1. The molecule has 21 heavy (non-hydrogen) atoms. The first-order chi connectivity index (χ1) is 10.1. The number of urea groups is 1. The van der Waals surface area contributed by atoms with Crippen LogP contribution in [0.3, 0.4) is 0 Å². The molecule has 1 aromatic rings. The number of nitrogens with one attached hydrogen (secondary N) is 2. The number of carboxylic acid groups (broad SMARTS) is 1. The molecule has 1 aliphatic rings. The van der Waals surface area contributed by atoms with Gasteiger partial charge in [0.25, 0.3) is 0 Å². The highest BCUT2D eigenvalue weighted by atomic mass is 79.9. The van der Waals surface area contributed by atoms with Crippen LogP contribution in [0.1, 0.15) is 37.3 Å². The molecule has 1 heterocycles. The highest BCUT2D eigenvalue weighted by Gasteiger charge is 2.33. The number of carbonyl (C=O) groups is 2. The molecule has 0 aromatic carbocycles. The second-order valence-electron chi connectivity index (χ2n) is 5.15. The molecule has 0 radical (unpaired) electrons. The third kappa shape index (κ3) is 5.34. The van der Waals surface area contributed by atoms with Crippen molar-refractivity contribution in [3.63, 3.8) is 0 Å². The van der Waals surface area contributed by atoms with E-state index in [0.29, 0.717) is 18.9 Å². The van der Waals surface area contributed by atoms with Gasteiger partial charge in [-0.1, -0.05) is 0 Å². The maximum Gasteiger partial charge on any atom is 0.315 e. The highest BCUT2D eigenvalue weighted by molar-refractivity contribution is 9.10. The summed E-state index contributed by atoms with van der Waals surface area (Å²) in [7, 11) is 0. The molecule has 2 rings (SSSR count). The average Bonchev–Trinajstić information content (AvgIpc) is 3.25. The van der Waals surface area contributed by atoms with Crippen LogP contribution in [0.2, 0.25) is 0 Å². The van der Waals surface area contributed by atoms with Gasteiger partial charge in [0.05, 0.1) is 6.04 Å². The molecule has 1 fully saturated rings. The summed E-state index contributed by atoms with van der Waals surface area (Å²) in [5.41, 5.74) is 0.979. The molecular formula is C14H18BrN3O3. The van der Waals surface area contributed by atoms with Gasteiger partial charge >= 0.3 is 12.0 Å². The molecule has 0 bridgehead atoms. The quantitative estimate of drug-likeness (QED) is 0.655. The van der Waals surface area contributed by atoms with E-state index in [2.05, 4.69) is 31.5 Å². The lowest BCUT2D eigenvalue weighted by molar-refractivity contribution is -0.137. The van der Waals surface area contributed by atoms with Gasteiger partial charge in [-0.15, -0.1) is 0 Å². The van der Waals surface area contributed by atoms with Crippen molar-refractivity contribution < 1.29 is 14.7 Å². The Labute approximate surface area is 131 Å². The van der Waals surface area contributed by atoms with Gasteiger partial charge in [0.15, 0.2) is 0 Å². The number of rotatable bonds is 7. The summed E-state index contributed by atoms with van der Waals surface area (Å²) in [6.07, 6.45) is 6.14. The Kier molecular flexibility index (Phi) is 5.55. The molecule has 7 heteroatoms. The molecule has 2 amide bonds. The SMILES string of the molecule is O=C(O)CCCNC(=O)NC(c1cncc(Br)c1)C1CC1. The van der Waals surface area contributed by atoms with Crippen molar-refractivity contribution in [3.8, 4) is 0 Å². The van der Waals surface area contributed by atoms with Gasteiger partial charge < -0.3 is 15.7 Å². The van der Waals surface area contributed by atoms with E-state index in [9.17, 15) is 9.59 Å². The van der Waals surface area contributed by atoms with Crippen LogP contribution in [0.25, 0.3) is 0 Å². The van der Waals surface area contributed by atoms with E-state index in [1.165, 1.54) is 0 Å². The zero-order valence-electron chi connectivity index (χ0n) is 11.5. The lowest BCUT2D eigenvalue weighted by atomic mass is 10.1. The molecule has 114 valence electrons. The molecule has 1 unspecified atom stereocenters. The molecule has 1 saturated carbocycles. The van der Waals surface area contributed by atoms with Crippen LogP contribution in [0.15, 0.2) is 22.9 Å². The van der Waals surface area contributed by atoms with Gasteiger partial charge in [0.1, 0.15) is 0 Å². The summed E-state index contributed by atoms with van der Waals surface area (Å²) >= 11 is 3.38. The van der Waals surface area contributed by atoms with Gasteiger partial charge in [-0.05, 0) is 52.7 Å².